The van der Waals surface area contributed by atoms with Crippen LogP contribution in [0.25, 0.3) is 11.1 Å². The van der Waals surface area contributed by atoms with Gasteiger partial charge in [-0.25, -0.2) is 9.59 Å². The van der Waals surface area contributed by atoms with Crippen molar-refractivity contribution in [3.63, 3.8) is 0 Å². The second kappa shape index (κ2) is 29.5. The first-order valence-corrected chi connectivity index (χ1v) is 31.1. The molecule has 2 fully saturated rings. The Morgan fingerprint density at radius 3 is 1.09 bits per heavy atom. The van der Waals surface area contributed by atoms with E-state index in [-0.39, 0.29) is 23.6 Å². The van der Waals surface area contributed by atoms with Gasteiger partial charge in [-0.3, -0.25) is 38.6 Å². The molecule has 6 atom stereocenters. The van der Waals surface area contributed by atoms with Crippen molar-refractivity contribution in [2.45, 2.75) is 196 Å². The molecule has 0 radical (unpaired) electrons. The van der Waals surface area contributed by atoms with Gasteiger partial charge in [0.05, 0.1) is 0 Å². The van der Waals surface area contributed by atoms with Crippen LogP contribution in [0.1, 0.15) is 145 Å². The molecule has 0 aliphatic carbocycles. The van der Waals surface area contributed by atoms with Crippen molar-refractivity contribution in [2.75, 3.05) is 40.3 Å². The normalized spacial score (nSPS) is 16.8. The molecule has 0 bridgehead atoms. The Bertz CT molecular complexity index is 2830. The van der Waals surface area contributed by atoms with E-state index in [0.29, 0.717) is 77.8 Å². The molecule has 0 spiro atoms. The highest BCUT2D eigenvalue weighted by Gasteiger charge is 2.46. The molecular weight excluding hydrogens is 1110 g/mol. The average Bonchev–Trinajstić information content (AvgIpc) is 4.19. The molecule has 6 rings (SSSR count). The maximum absolute atomic E-state index is 14.9. The van der Waals surface area contributed by atoms with Crippen molar-refractivity contribution in [1.29, 1.82) is 0 Å². The number of likely N-dealkylation sites (tertiary alicyclic amines) is 2. The van der Waals surface area contributed by atoms with E-state index >= 15 is 0 Å². The van der Waals surface area contributed by atoms with Gasteiger partial charge in [0.25, 0.3) is 0 Å². The average molecular weight is 1210 g/mol. The summed E-state index contributed by atoms with van der Waals surface area (Å²) in [7, 11) is 2.97. The molecule has 2 saturated heterocycles. The summed E-state index contributed by atoms with van der Waals surface area (Å²) < 4.78 is 11.0. The topological polar surface area (TPSA) is 199 Å². The monoisotopic (exact) mass is 1210 g/mol. The zero-order valence-corrected chi connectivity index (χ0v) is 55.1. The van der Waals surface area contributed by atoms with Gasteiger partial charge in [0.15, 0.2) is 0 Å². The first kappa shape index (κ1) is 69.3. The zero-order valence-electron chi connectivity index (χ0n) is 55.1. The Morgan fingerprint density at radius 1 is 0.477 bits per heavy atom. The molecule has 0 aromatic heterocycles. The summed E-state index contributed by atoms with van der Waals surface area (Å²) in [5.74, 6) is -2.08. The predicted octanol–water partition coefficient (Wildman–Crippen LogP) is 10.1. The van der Waals surface area contributed by atoms with Crippen LogP contribution in [0, 0.1) is 10.8 Å². The number of carbonyl (C=O) groups excluding carboxylic acids is 8. The Hall–Kier alpha value is -7.76. The Balaban J connectivity index is 1.17. The molecule has 478 valence electrons. The van der Waals surface area contributed by atoms with Crippen LogP contribution in [0.2, 0.25) is 0 Å². The zero-order chi connectivity index (χ0) is 65.1. The van der Waals surface area contributed by atoms with E-state index < -0.39 is 82.3 Å². The number of hydrogen-bond acceptors (Lipinski definition) is 10. The van der Waals surface area contributed by atoms with E-state index in [1.54, 1.807) is 65.2 Å². The third-order valence-corrected chi connectivity index (χ3v) is 16.4. The number of nitrogens with zero attached hydrogens (tertiary/aromatic N) is 6. The molecule has 2 aliphatic heterocycles. The lowest BCUT2D eigenvalue weighted by atomic mass is 9.85. The molecule has 4 aromatic carbocycles. The minimum absolute atomic E-state index is 0.170. The summed E-state index contributed by atoms with van der Waals surface area (Å²) in [6.07, 6.45) is 2.05. The Kier molecular flexibility index (Phi) is 23.2. The molecule has 2 N–H and O–H groups in total. The molecule has 18 nitrogen and oxygen atoms in total. The van der Waals surface area contributed by atoms with Crippen molar-refractivity contribution >= 4 is 47.6 Å². The van der Waals surface area contributed by atoms with Crippen LogP contribution in [0.15, 0.2) is 109 Å². The number of benzene rings is 4. The molecule has 88 heavy (non-hydrogen) atoms. The van der Waals surface area contributed by atoms with E-state index in [4.69, 9.17) is 9.47 Å². The van der Waals surface area contributed by atoms with Crippen LogP contribution in [0.5, 0.6) is 0 Å². The standard InChI is InChI=1S/C70H98N8O10/c1-47(73(15)65(85)87-69(9,10)11)59(79)71-57(67(3,4)5)63(83)77-41-23-29-55(77)61(81)75(43-39-49-25-19-17-20-26-49)45-51-31-35-53(36-32-51)54-37-33-52(34-38-54)46-76(44-40-50-27-21-18-22-28-50)62(82)56-30-24-42-78(56)64(84)58(68(6,7)8)72-60(80)48(2)74(16)66(86)88-70(12,13)14/h17-22,25-28,31-38,47-48,55-58H,23-24,29-30,39-46H2,1-16H3,(H,71,79)(H,72,80)/t47-,48-,55-,56-,57+,58+/m0/s1. The van der Waals surface area contributed by atoms with Crippen molar-refractivity contribution in [2.24, 2.45) is 10.8 Å². The molecule has 2 heterocycles. The van der Waals surface area contributed by atoms with E-state index in [1.165, 1.54) is 23.9 Å². The lowest BCUT2D eigenvalue weighted by Crippen LogP contribution is -2.60. The van der Waals surface area contributed by atoms with Gasteiger partial charge in [-0.05, 0) is 138 Å². The van der Waals surface area contributed by atoms with Crippen molar-refractivity contribution < 1.29 is 47.8 Å². The maximum Gasteiger partial charge on any atom is 0.410 e. The second-order valence-electron chi connectivity index (χ2n) is 27.9. The van der Waals surface area contributed by atoms with Crippen LogP contribution in [-0.4, -0.2) is 165 Å². The molecule has 0 unspecified atom stereocenters. The first-order valence-electron chi connectivity index (χ1n) is 31.1. The molecule has 2 aliphatic rings. The van der Waals surface area contributed by atoms with Gasteiger partial charge in [0.2, 0.25) is 35.4 Å². The molecule has 0 saturated carbocycles. The van der Waals surface area contributed by atoms with Crippen LogP contribution in [0.3, 0.4) is 0 Å². The second-order valence-corrected chi connectivity index (χ2v) is 27.9. The fourth-order valence-electron chi connectivity index (χ4n) is 10.9. The van der Waals surface area contributed by atoms with Crippen molar-refractivity contribution in [3.05, 3.63) is 131 Å². The van der Waals surface area contributed by atoms with Gasteiger partial charge in [0.1, 0.15) is 47.5 Å². The number of hydrogen-bond donors (Lipinski definition) is 2. The van der Waals surface area contributed by atoms with Crippen molar-refractivity contribution in [1.82, 2.24) is 40.0 Å². The Labute approximate surface area is 523 Å². The first-order chi connectivity index (χ1) is 41.1. The van der Waals surface area contributed by atoms with Gasteiger partial charge in [0, 0.05) is 53.4 Å². The summed E-state index contributed by atoms with van der Waals surface area (Å²) >= 11 is 0. The van der Waals surface area contributed by atoms with Crippen LogP contribution in [0.4, 0.5) is 9.59 Å². The van der Waals surface area contributed by atoms with Gasteiger partial charge in [-0.2, -0.15) is 0 Å². The van der Waals surface area contributed by atoms with Gasteiger partial charge >= 0.3 is 12.2 Å². The fourth-order valence-corrected chi connectivity index (χ4v) is 10.9. The molecule has 18 heteroatoms. The van der Waals surface area contributed by atoms with Gasteiger partial charge in [-0.1, -0.05) is 151 Å². The van der Waals surface area contributed by atoms with E-state index in [2.05, 4.69) is 10.6 Å². The number of nitrogens with one attached hydrogen (secondary N) is 2. The predicted molar refractivity (Wildman–Crippen MR) is 342 cm³/mol. The minimum Gasteiger partial charge on any atom is -0.444 e. The number of rotatable bonds is 21. The lowest BCUT2D eigenvalue weighted by molar-refractivity contribution is -0.148. The quantitative estimate of drug-likeness (QED) is 0.0810. The third-order valence-electron chi connectivity index (χ3n) is 16.4. The largest absolute Gasteiger partial charge is 0.444 e. The summed E-state index contributed by atoms with van der Waals surface area (Å²) in [6.45, 7) is 27.0. The fraction of sp³-hybridized carbons (Fsp3) is 0.543. The van der Waals surface area contributed by atoms with Crippen LogP contribution in [-0.2, 0) is 64.2 Å². The minimum atomic E-state index is -0.989. The van der Waals surface area contributed by atoms with Gasteiger partial charge in [-0.15, -0.1) is 0 Å². The number of amides is 8. The maximum atomic E-state index is 14.9. The SMILES string of the molecule is C[C@@H](C(=O)N[C@H](C(=O)N1CCC[C@H]1C(=O)N(CCc1ccccc1)Cc1ccc(-c2ccc(CN(CCc3ccccc3)C(=O)[C@@H]3CCCN3C(=O)[C@@H](NC(=O)[C@H](C)N(C)C(=O)OC(C)(C)C)C(C)(C)C)cc2)cc1)C(C)(C)C)N(C)C(=O)OC(C)(C)C. The highest BCUT2D eigenvalue weighted by Crippen LogP contribution is 2.31. The van der Waals surface area contributed by atoms with Crippen LogP contribution >= 0.6 is 0 Å². The third kappa shape index (κ3) is 19.1. The number of carbonyl (C=O) groups is 8. The van der Waals surface area contributed by atoms with E-state index in [1.807, 2.05) is 161 Å². The summed E-state index contributed by atoms with van der Waals surface area (Å²) in [5, 5.41) is 5.87. The summed E-state index contributed by atoms with van der Waals surface area (Å²) in [6, 6.07) is 30.8. The van der Waals surface area contributed by atoms with Gasteiger partial charge < -0.3 is 39.7 Å². The Morgan fingerprint density at radius 2 is 0.795 bits per heavy atom. The molecule has 8 amide bonds. The lowest BCUT2D eigenvalue weighted by Gasteiger charge is -2.37. The van der Waals surface area contributed by atoms with Crippen LogP contribution < -0.4 is 10.6 Å². The number of ether oxygens (including phenoxy) is 2. The van der Waals surface area contributed by atoms with E-state index in [0.717, 1.165) is 33.4 Å². The molecule has 4 aromatic rings. The molecular formula is C70H98N8O10. The summed E-state index contributed by atoms with van der Waals surface area (Å²) in [4.78, 5) is 122. The number of likely N-dealkylation sites (N-methyl/N-ethyl adjacent to an activating group) is 2. The summed E-state index contributed by atoms with van der Waals surface area (Å²) in [5.41, 5.74) is 2.86. The van der Waals surface area contributed by atoms with E-state index in [9.17, 15) is 38.4 Å². The highest BCUT2D eigenvalue weighted by atomic mass is 16.6. The smallest absolute Gasteiger partial charge is 0.410 e. The van der Waals surface area contributed by atoms with Crippen molar-refractivity contribution in [3.8, 4) is 11.1 Å². The highest BCUT2D eigenvalue weighted by molar-refractivity contribution is 5.96.